The van der Waals surface area contributed by atoms with Crippen molar-refractivity contribution < 1.29 is 22.9 Å². The molecule has 5 nitrogen and oxygen atoms in total. The Kier molecular flexibility index (Phi) is 5.96. The lowest BCUT2D eigenvalue weighted by Crippen LogP contribution is -2.54. The Balaban J connectivity index is 1.43. The maximum Gasteiger partial charge on any atom is 0.286 e. The quantitative estimate of drug-likeness (QED) is 0.644. The molecule has 3 fully saturated rings. The van der Waals surface area contributed by atoms with Crippen molar-refractivity contribution in [1.82, 2.24) is 9.62 Å². The number of hydrogen-bond acceptors (Lipinski definition) is 4. The number of nitrogens with one attached hydrogen (secondary N) is 1. The van der Waals surface area contributed by atoms with Gasteiger partial charge in [-0.1, -0.05) is 54.6 Å². The van der Waals surface area contributed by atoms with E-state index in [0.29, 0.717) is 13.0 Å². The molecule has 1 aliphatic carbocycles. The average molecular weight is 461 g/mol. The van der Waals surface area contributed by atoms with E-state index in [0.717, 1.165) is 29.5 Å². The summed E-state index contributed by atoms with van der Waals surface area (Å²) < 4.78 is 50.7. The Morgan fingerprint density at radius 2 is 1.84 bits per heavy atom. The monoisotopic (exact) mass is 460 g/mol. The van der Waals surface area contributed by atoms with Crippen LogP contribution in [0.3, 0.4) is 0 Å². The summed E-state index contributed by atoms with van der Waals surface area (Å²) in [4.78, 5) is 14.2. The van der Waals surface area contributed by atoms with Gasteiger partial charge in [0.2, 0.25) is 0 Å². The number of amides is 1. The largest absolute Gasteiger partial charge is 0.598 e. The van der Waals surface area contributed by atoms with Crippen molar-refractivity contribution in [1.29, 1.82) is 0 Å². The molecule has 0 bridgehead atoms. The minimum Gasteiger partial charge on any atom is -0.598 e. The highest BCUT2D eigenvalue weighted by Gasteiger charge is 2.59. The first-order valence-corrected chi connectivity index (χ1v) is 12.2. The van der Waals surface area contributed by atoms with Crippen molar-refractivity contribution in [2.75, 3.05) is 13.2 Å². The van der Waals surface area contributed by atoms with Crippen molar-refractivity contribution in [3.63, 3.8) is 0 Å². The molecule has 3 aliphatic rings. The van der Waals surface area contributed by atoms with Crippen LogP contribution in [0.2, 0.25) is 0 Å². The third kappa shape index (κ3) is 4.41. The third-order valence-corrected chi connectivity index (χ3v) is 7.99. The van der Waals surface area contributed by atoms with Crippen LogP contribution >= 0.6 is 0 Å². The van der Waals surface area contributed by atoms with Gasteiger partial charge in [0.1, 0.15) is 17.4 Å². The lowest BCUT2D eigenvalue weighted by Gasteiger charge is -2.33. The smallest absolute Gasteiger partial charge is 0.286 e. The number of ether oxygens (including phenoxy) is 1. The van der Waals surface area contributed by atoms with Gasteiger partial charge in [0.15, 0.2) is 0 Å². The summed E-state index contributed by atoms with van der Waals surface area (Å²) in [6, 6.07) is 15.4. The first kappa shape index (κ1) is 21.8. The molecule has 0 aromatic heterocycles. The van der Waals surface area contributed by atoms with Crippen LogP contribution in [0.15, 0.2) is 54.6 Å². The highest BCUT2D eigenvalue weighted by Crippen LogP contribution is 2.38. The predicted molar refractivity (Wildman–Crippen MR) is 118 cm³/mol. The molecule has 8 heteroatoms. The molecule has 1 N–H and O–H groups in total. The molecule has 170 valence electrons. The first-order chi connectivity index (χ1) is 15.4. The van der Waals surface area contributed by atoms with E-state index in [2.05, 4.69) is 4.72 Å². The molecule has 1 saturated carbocycles. The lowest BCUT2D eigenvalue weighted by molar-refractivity contribution is -0.158. The second kappa shape index (κ2) is 8.74. The highest BCUT2D eigenvalue weighted by atomic mass is 32.2. The zero-order valence-corrected chi connectivity index (χ0v) is 18.4. The Bertz CT molecular complexity index is 969. The van der Waals surface area contributed by atoms with Gasteiger partial charge in [0.05, 0.1) is 19.2 Å². The van der Waals surface area contributed by atoms with Crippen molar-refractivity contribution in [3.05, 3.63) is 60.2 Å². The van der Waals surface area contributed by atoms with Crippen LogP contribution < -0.4 is 4.72 Å². The minimum atomic E-state index is -3.17. The maximum absolute atomic E-state index is 15.1. The van der Waals surface area contributed by atoms with Crippen LogP contribution in [-0.2, 0) is 27.3 Å². The molecule has 32 heavy (non-hydrogen) atoms. The fourth-order valence-electron chi connectivity index (χ4n) is 4.41. The average Bonchev–Trinajstić information content (AvgIpc) is 3.56. The van der Waals surface area contributed by atoms with Gasteiger partial charge in [0.25, 0.3) is 11.8 Å². The zero-order chi connectivity index (χ0) is 22.3. The number of carbonyl (C=O) groups is 1. The topological polar surface area (TPSA) is 64.6 Å². The SMILES string of the molecule is O=C(C1CCO1)N1CC(F)(F)[C@H](N[S+]([O-])C2CC2)[C@@H]1Cc1cccc(-c2ccccc2)c1. The van der Waals surface area contributed by atoms with E-state index in [-0.39, 0.29) is 11.7 Å². The Hall–Kier alpha value is -2.00. The number of halogens is 2. The molecule has 4 atom stereocenters. The third-order valence-electron chi connectivity index (χ3n) is 6.43. The summed E-state index contributed by atoms with van der Waals surface area (Å²) in [5.41, 5.74) is 2.87. The molecular formula is C24H26F2N2O3S. The molecule has 1 amide bonds. The number of hydrogen-bond donors (Lipinski definition) is 1. The Morgan fingerprint density at radius 1 is 1.12 bits per heavy atom. The van der Waals surface area contributed by atoms with E-state index in [1.807, 2.05) is 54.6 Å². The molecular weight excluding hydrogens is 434 g/mol. The highest BCUT2D eigenvalue weighted by molar-refractivity contribution is 7.90. The summed E-state index contributed by atoms with van der Waals surface area (Å²) in [5, 5.41) is -0.0763. The molecule has 0 spiro atoms. The van der Waals surface area contributed by atoms with Crippen LogP contribution in [0.4, 0.5) is 8.78 Å². The van der Waals surface area contributed by atoms with Gasteiger partial charge in [-0.2, -0.15) is 0 Å². The normalized spacial score (nSPS) is 27.7. The van der Waals surface area contributed by atoms with Crippen molar-refractivity contribution >= 4 is 17.3 Å². The van der Waals surface area contributed by atoms with Crippen molar-refractivity contribution in [2.24, 2.45) is 0 Å². The van der Waals surface area contributed by atoms with Crippen molar-refractivity contribution in [3.8, 4) is 11.1 Å². The lowest BCUT2D eigenvalue weighted by atomic mass is 9.96. The van der Waals surface area contributed by atoms with Gasteiger partial charge in [-0.25, -0.2) is 8.78 Å². The van der Waals surface area contributed by atoms with Gasteiger partial charge < -0.3 is 14.2 Å². The van der Waals surface area contributed by atoms with E-state index in [1.54, 1.807) is 0 Å². The zero-order valence-electron chi connectivity index (χ0n) is 17.6. The number of rotatable bonds is 7. The summed E-state index contributed by atoms with van der Waals surface area (Å²) in [5.74, 6) is -3.58. The summed E-state index contributed by atoms with van der Waals surface area (Å²) in [6.07, 6.45) is 1.69. The van der Waals surface area contributed by atoms with E-state index in [1.165, 1.54) is 4.90 Å². The summed E-state index contributed by atoms with van der Waals surface area (Å²) in [7, 11) is 0. The van der Waals surface area contributed by atoms with Gasteiger partial charge in [0, 0.05) is 30.6 Å². The molecule has 5 rings (SSSR count). The molecule has 2 heterocycles. The molecule has 2 unspecified atom stereocenters. The summed E-state index contributed by atoms with van der Waals surface area (Å²) >= 11 is -1.54. The minimum absolute atomic E-state index is 0.0763. The van der Waals surface area contributed by atoms with Gasteiger partial charge in [-0.15, -0.1) is 4.72 Å². The number of carbonyl (C=O) groups excluding carboxylic acids is 1. The van der Waals surface area contributed by atoms with E-state index >= 15 is 8.78 Å². The van der Waals surface area contributed by atoms with Crippen LogP contribution in [-0.4, -0.2) is 57.9 Å². The van der Waals surface area contributed by atoms with Crippen molar-refractivity contribution in [2.45, 2.75) is 55.0 Å². The van der Waals surface area contributed by atoms with E-state index in [9.17, 15) is 9.35 Å². The Labute approximate surface area is 189 Å². The maximum atomic E-state index is 15.1. The fourth-order valence-corrected chi connectivity index (χ4v) is 5.74. The van der Waals surface area contributed by atoms with Crippen LogP contribution in [0.1, 0.15) is 24.8 Å². The second-order valence-electron chi connectivity index (χ2n) is 8.81. The van der Waals surface area contributed by atoms with Crippen LogP contribution in [0.25, 0.3) is 11.1 Å². The van der Waals surface area contributed by atoms with E-state index in [4.69, 9.17) is 4.74 Å². The molecule has 2 aromatic rings. The molecule has 0 radical (unpaired) electrons. The van der Waals surface area contributed by atoms with Crippen LogP contribution in [0.5, 0.6) is 0 Å². The number of alkyl halides is 2. The molecule has 2 aliphatic heterocycles. The number of nitrogens with zero attached hydrogens (tertiary/aromatic N) is 1. The summed E-state index contributed by atoms with van der Waals surface area (Å²) in [6.45, 7) is -0.216. The van der Waals surface area contributed by atoms with Gasteiger partial charge >= 0.3 is 0 Å². The first-order valence-electron chi connectivity index (χ1n) is 11.0. The van der Waals surface area contributed by atoms with Gasteiger partial charge in [-0.3, -0.25) is 4.79 Å². The number of likely N-dealkylation sites (tertiary alicyclic amines) is 1. The van der Waals surface area contributed by atoms with Gasteiger partial charge in [-0.05, 0) is 23.1 Å². The van der Waals surface area contributed by atoms with E-state index < -0.39 is 47.9 Å². The molecule has 2 saturated heterocycles. The standard InChI is InChI=1S/C24H26F2N2O3S/c25-24(26)15-28(23(29)21-11-12-31-21)20(22(24)27-32(30)19-9-10-19)14-16-5-4-8-18(13-16)17-6-2-1-3-7-17/h1-8,13,19-22,27H,9-12,14-15H2/t20-,21?,22+,32?/m0/s1. The second-order valence-corrected chi connectivity index (χ2v) is 10.3. The number of benzene rings is 2. The predicted octanol–water partition coefficient (Wildman–Crippen LogP) is 3.32. The van der Waals surface area contributed by atoms with Crippen LogP contribution in [0, 0.1) is 0 Å². The molecule has 2 aromatic carbocycles. The fraction of sp³-hybridized carbons (Fsp3) is 0.458. The Morgan fingerprint density at radius 3 is 2.50 bits per heavy atom.